The minimum atomic E-state index is 0.689. The van der Waals surface area contributed by atoms with Crippen LogP contribution in [0.4, 0.5) is 11.4 Å². The van der Waals surface area contributed by atoms with Gasteiger partial charge >= 0.3 is 0 Å². The quantitative estimate of drug-likeness (QED) is 0.833. The van der Waals surface area contributed by atoms with Crippen LogP contribution in [0.5, 0.6) is 5.75 Å². The van der Waals surface area contributed by atoms with Crippen LogP contribution in [0.1, 0.15) is 6.92 Å². The maximum Gasteiger partial charge on any atom is 0.121 e. The summed E-state index contributed by atoms with van der Waals surface area (Å²) < 4.78 is 5.44. The number of para-hydroxylation sites is 1. The second kappa shape index (κ2) is 5.21. The van der Waals surface area contributed by atoms with Crippen LogP contribution in [0.2, 0.25) is 0 Å². The van der Waals surface area contributed by atoms with E-state index in [4.69, 9.17) is 4.74 Å². The average Bonchev–Trinajstić information content (AvgIpc) is 2.31. The molecule has 0 radical (unpaired) electrons. The Morgan fingerprint density at radius 1 is 0.938 bits per heavy atom. The summed E-state index contributed by atoms with van der Waals surface area (Å²) in [6, 6.07) is 18.0. The lowest BCUT2D eigenvalue weighted by Crippen LogP contribution is -1.93. The lowest BCUT2D eigenvalue weighted by molar-refractivity contribution is 0.340. The van der Waals surface area contributed by atoms with Gasteiger partial charge in [0.25, 0.3) is 0 Å². The number of rotatable bonds is 4. The molecule has 82 valence electrons. The van der Waals surface area contributed by atoms with Crippen LogP contribution in [-0.2, 0) is 0 Å². The van der Waals surface area contributed by atoms with Crippen molar-refractivity contribution in [2.45, 2.75) is 6.92 Å². The van der Waals surface area contributed by atoms with Crippen LogP contribution < -0.4 is 10.1 Å². The van der Waals surface area contributed by atoms with E-state index in [1.54, 1.807) is 0 Å². The number of anilines is 2. The predicted octanol–water partition coefficient (Wildman–Crippen LogP) is 3.83. The fraction of sp³-hybridized carbons (Fsp3) is 0.143. The Bertz CT molecular complexity index is 439. The summed E-state index contributed by atoms with van der Waals surface area (Å²) in [4.78, 5) is 0. The van der Waals surface area contributed by atoms with Gasteiger partial charge in [0.15, 0.2) is 0 Å². The minimum absolute atomic E-state index is 0.689. The molecule has 16 heavy (non-hydrogen) atoms. The first kappa shape index (κ1) is 10.6. The zero-order chi connectivity index (χ0) is 11.2. The Morgan fingerprint density at radius 2 is 1.69 bits per heavy atom. The van der Waals surface area contributed by atoms with E-state index < -0.39 is 0 Å². The third kappa shape index (κ3) is 2.76. The van der Waals surface area contributed by atoms with Crippen molar-refractivity contribution in [3.05, 3.63) is 54.6 Å². The molecule has 0 unspecified atom stereocenters. The van der Waals surface area contributed by atoms with Crippen LogP contribution in [0, 0.1) is 0 Å². The monoisotopic (exact) mass is 213 g/mol. The van der Waals surface area contributed by atoms with E-state index in [0.29, 0.717) is 6.61 Å². The first-order chi connectivity index (χ1) is 7.88. The van der Waals surface area contributed by atoms with Crippen molar-refractivity contribution in [1.29, 1.82) is 0 Å². The van der Waals surface area contributed by atoms with Crippen molar-refractivity contribution in [3.8, 4) is 5.75 Å². The fourth-order valence-electron chi connectivity index (χ4n) is 1.52. The van der Waals surface area contributed by atoms with Gasteiger partial charge in [-0.3, -0.25) is 0 Å². The highest BCUT2D eigenvalue weighted by Gasteiger charge is 1.96. The van der Waals surface area contributed by atoms with E-state index >= 15 is 0 Å². The Morgan fingerprint density at radius 3 is 2.44 bits per heavy atom. The Labute approximate surface area is 95.9 Å². The molecule has 0 heterocycles. The highest BCUT2D eigenvalue weighted by molar-refractivity contribution is 5.60. The number of benzene rings is 2. The molecule has 0 aliphatic rings. The second-order valence-corrected chi connectivity index (χ2v) is 3.45. The molecule has 0 aliphatic carbocycles. The molecule has 0 aromatic heterocycles. The van der Waals surface area contributed by atoms with E-state index in [1.807, 2.05) is 61.5 Å². The molecule has 0 spiro atoms. The summed E-state index contributed by atoms with van der Waals surface area (Å²) in [6.45, 7) is 2.67. The third-order valence-corrected chi connectivity index (χ3v) is 2.21. The molecule has 0 amide bonds. The minimum Gasteiger partial charge on any atom is -0.494 e. The topological polar surface area (TPSA) is 21.3 Å². The summed E-state index contributed by atoms with van der Waals surface area (Å²) >= 11 is 0. The van der Waals surface area contributed by atoms with Gasteiger partial charge in [0, 0.05) is 17.4 Å². The van der Waals surface area contributed by atoms with Crippen LogP contribution in [-0.4, -0.2) is 6.61 Å². The second-order valence-electron chi connectivity index (χ2n) is 3.45. The van der Waals surface area contributed by atoms with E-state index in [0.717, 1.165) is 17.1 Å². The third-order valence-electron chi connectivity index (χ3n) is 2.21. The predicted molar refractivity (Wildman–Crippen MR) is 67.3 cm³/mol. The van der Waals surface area contributed by atoms with Crippen molar-refractivity contribution in [3.63, 3.8) is 0 Å². The van der Waals surface area contributed by atoms with Gasteiger partial charge in [-0.25, -0.2) is 0 Å². The van der Waals surface area contributed by atoms with Gasteiger partial charge in [0.1, 0.15) is 5.75 Å². The van der Waals surface area contributed by atoms with Gasteiger partial charge in [-0.2, -0.15) is 0 Å². The van der Waals surface area contributed by atoms with Crippen molar-refractivity contribution < 1.29 is 4.74 Å². The molecule has 0 fully saturated rings. The summed E-state index contributed by atoms with van der Waals surface area (Å²) in [7, 11) is 0. The SMILES string of the molecule is CCOc1cccc(Nc2ccccc2)c1. The van der Waals surface area contributed by atoms with Crippen LogP contribution >= 0.6 is 0 Å². The average molecular weight is 213 g/mol. The van der Waals surface area contributed by atoms with Crippen molar-refractivity contribution in [2.75, 3.05) is 11.9 Å². The molecule has 2 aromatic rings. The van der Waals surface area contributed by atoms with Crippen molar-refractivity contribution in [2.24, 2.45) is 0 Å². The Balaban J connectivity index is 2.12. The normalized spacial score (nSPS) is 9.81. The first-order valence-corrected chi connectivity index (χ1v) is 5.43. The molecule has 2 nitrogen and oxygen atoms in total. The molecular formula is C14H15NO. The summed E-state index contributed by atoms with van der Waals surface area (Å²) in [5.74, 6) is 0.892. The van der Waals surface area contributed by atoms with Crippen LogP contribution in [0.25, 0.3) is 0 Å². The van der Waals surface area contributed by atoms with Crippen LogP contribution in [0.15, 0.2) is 54.6 Å². The number of hydrogen-bond donors (Lipinski definition) is 1. The van der Waals surface area contributed by atoms with Gasteiger partial charge in [0.2, 0.25) is 0 Å². The maximum atomic E-state index is 5.44. The van der Waals surface area contributed by atoms with Crippen molar-refractivity contribution in [1.82, 2.24) is 0 Å². The molecule has 1 N–H and O–H groups in total. The molecule has 0 bridgehead atoms. The molecule has 0 saturated heterocycles. The van der Waals surface area contributed by atoms with Crippen molar-refractivity contribution >= 4 is 11.4 Å². The van der Waals surface area contributed by atoms with Gasteiger partial charge in [0.05, 0.1) is 6.61 Å². The highest BCUT2D eigenvalue weighted by Crippen LogP contribution is 2.21. The lowest BCUT2D eigenvalue weighted by Gasteiger charge is -2.08. The van der Waals surface area contributed by atoms with Crippen LogP contribution in [0.3, 0.4) is 0 Å². The number of hydrogen-bond acceptors (Lipinski definition) is 2. The summed E-state index contributed by atoms with van der Waals surface area (Å²) in [6.07, 6.45) is 0. The summed E-state index contributed by atoms with van der Waals surface area (Å²) in [5.41, 5.74) is 2.12. The highest BCUT2D eigenvalue weighted by atomic mass is 16.5. The number of nitrogens with one attached hydrogen (secondary N) is 1. The Hall–Kier alpha value is -1.96. The standard InChI is InChI=1S/C14H15NO/c1-2-16-14-10-6-9-13(11-14)15-12-7-4-3-5-8-12/h3-11,15H,2H2,1H3. The summed E-state index contributed by atoms with van der Waals surface area (Å²) in [5, 5.41) is 3.32. The molecule has 2 heteroatoms. The van der Waals surface area contributed by atoms with E-state index in [1.165, 1.54) is 0 Å². The fourth-order valence-corrected chi connectivity index (χ4v) is 1.52. The first-order valence-electron chi connectivity index (χ1n) is 5.43. The maximum absolute atomic E-state index is 5.44. The van der Waals surface area contributed by atoms with Gasteiger partial charge < -0.3 is 10.1 Å². The lowest BCUT2D eigenvalue weighted by atomic mass is 10.2. The Kier molecular flexibility index (Phi) is 3.44. The van der Waals surface area contributed by atoms with Gasteiger partial charge in [-0.15, -0.1) is 0 Å². The smallest absolute Gasteiger partial charge is 0.121 e. The van der Waals surface area contributed by atoms with E-state index in [2.05, 4.69) is 5.32 Å². The molecular weight excluding hydrogens is 198 g/mol. The molecule has 0 atom stereocenters. The molecule has 2 rings (SSSR count). The van der Waals surface area contributed by atoms with Gasteiger partial charge in [-0.05, 0) is 31.2 Å². The zero-order valence-corrected chi connectivity index (χ0v) is 9.31. The zero-order valence-electron chi connectivity index (χ0n) is 9.31. The van der Waals surface area contributed by atoms with E-state index in [9.17, 15) is 0 Å². The van der Waals surface area contributed by atoms with E-state index in [-0.39, 0.29) is 0 Å². The number of ether oxygens (including phenoxy) is 1. The molecule has 2 aromatic carbocycles. The van der Waals surface area contributed by atoms with Gasteiger partial charge in [-0.1, -0.05) is 24.3 Å². The largest absolute Gasteiger partial charge is 0.494 e. The molecule has 0 aliphatic heterocycles. The molecule has 0 saturated carbocycles.